The molecule has 1 amide bonds. The number of thioether (sulfide) groups is 1. The average Bonchev–Trinajstić information content (AvgIpc) is 3.17. The molecule has 3 rings (SSSR count). The molecule has 0 aliphatic carbocycles. The van der Waals surface area contributed by atoms with Crippen LogP contribution in [-0.4, -0.2) is 27.3 Å². The van der Waals surface area contributed by atoms with E-state index >= 15 is 0 Å². The molecule has 7 heteroatoms. The van der Waals surface area contributed by atoms with E-state index in [0.29, 0.717) is 34.3 Å². The van der Waals surface area contributed by atoms with Crippen molar-refractivity contribution in [3.63, 3.8) is 0 Å². The van der Waals surface area contributed by atoms with Gasteiger partial charge in [0.25, 0.3) is 5.56 Å². The molecule has 1 unspecified atom stereocenters. The third kappa shape index (κ3) is 4.84. The van der Waals surface area contributed by atoms with Crippen molar-refractivity contribution in [2.24, 2.45) is 5.92 Å². The van der Waals surface area contributed by atoms with Gasteiger partial charge >= 0.3 is 0 Å². The number of aromatic nitrogens is 2. The van der Waals surface area contributed by atoms with Crippen molar-refractivity contribution in [2.45, 2.75) is 44.1 Å². The molecule has 0 bridgehead atoms. The van der Waals surface area contributed by atoms with Crippen LogP contribution in [0.25, 0.3) is 10.9 Å². The Morgan fingerprint density at radius 1 is 1.21 bits per heavy atom. The number of fused-ring (bicyclic) bond motifs is 1. The van der Waals surface area contributed by atoms with Gasteiger partial charge in [0.1, 0.15) is 5.76 Å². The normalized spacial score (nSPS) is 12.4. The van der Waals surface area contributed by atoms with Crippen molar-refractivity contribution in [2.75, 3.05) is 6.54 Å². The molecule has 0 aliphatic rings. The zero-order valence-corrected chi connectivity index (χ0v) is 17.2. The molecule has 148 valence electrons. The fourth-order valence-electron chi connectivity index (χ4n) is 2.77. The zero-order valence-electron chi connectivity index (χ0n) is 16.3. The summed E-state index contributed by atoms with van der Waals surface area (Å²) >= 11 is 1.29. The van der Waals surface area contributed by atoms with Gasteiger partial charge in [-0.1, -0.05) is 37.7 Å². The van der Waals surface area contributed by atoms with Crippen LogP contribution in [0, 0.1) is 5.92 Å². The van der Waals surface area contributed by atoms with E-state index in [-0.39, 0.29) is 23.3 Å². The molecule has 0 radical (unpaired) electrons. The molecule has 1 aromatic carbocycles. The van der Waals surface area contributed by atoms with E-state index in [4.69, 9.17) is 4.42 Å². The maximum absolute atomic E-state index is 13.0. The molecule has 2 heterocycles. The largest absolute Gasteiger partial charge is 0.467 e. The first-order valence-electron chi connectivity index (χ1n) is 9.42. The Balaban J connectivity index is 1.88. The van der Waals surface area contributed by atoms with Gasteiger partial charge in [-0.2, -0.15) is 0 Å². The fraction of sp³-hybridized carbons (Fsp3) is 0.381. The molecule has 1 N–H and O–H groups in total. The SMILES string of the molecule is CC(C)CCNC(=O)C(C)Sc1nc2ccccc2c(=O)n1Cc1ccco1. The summed E-state index contributed by atoms with van der Waals surface area (Å²) in [5, 5.41) is 3.64. The highest BCUT2D eigenvalue weighted by Crippen LogP contribution is 2.23. The van der Waals surface area contributed by atoms with Crippen LogP contribution >= 0.6 is 11.8 Å². The molecular weight excluding hydrogens is 374 g/mol. The molecule has 2 aromatic heterocycles. The first-order valence-corrected chi connectivity index (χ1v) is 10.3. The number of furan rings is 1. The smallest absolute Gasteiger partial charge is 0.262 e. The van der Waals surface area contributed by atoms with Crippen molar-refractivity contribution >= 4 is 28.6 Å². The fourth-order valence-corrected chi connectivity index (χ4v) is 3.71. The lowest BCUT2D eigenvalue weighted by atomic mass is 10.1. The summed E-state index contributed by atoms with van der Waals surface area (Å²) in [6.07, 6.45) is 2.51. The van der Waals surface area contributed by atoms with Gasteiger partial charge in [-0.05, 0) is 43.5 Å². The monoisotopic (exact) mass is 399 g/mol. The molecule has 0 saturated heterocycles. The van der Waals surface area contributed by atoms with Crippen LogP contribution in [0.5, 0.6) is 0 Å². The Labute approximate surface area is 168 Å². The van der Waals surface area contributed by atoms with Crippen molar-refractivity contribution in [1.29, 1.82) is 0 Å². The summed E-state index contributed by atoms with van der Waals surface area (Å²) in [5.74, 6) is 1.14. The van der Waals surface area contributed by atoms with Gasteiger partial charge in [0.05, 0.1) is 29.0 Å². The van der Waals surface area contributed by atoms with Crippen LogP contribution < -0.4 is 10.9 Å². The lowest BCUT2D eigenvalue weighted by Crippen LogP contribution is -2.33. The third-order valence-electron chi connectivity index (χ3n) is 4.39. The number of amides is 1. The number of hydrogen-bond donors (Lipinski definition) is 1. The minimum absolute atomic E-state index is 0.0578. The molecule has 0 aliphatic heterocycles. The second kappa shape index (κ2) is 9.10. The van der Waals surface area contributed by atoms with Gasteiger partial charge in [-0.25, -0.2) is 4.98 Å². The molecule has 3 aromatic rings. The van der Waals surface area contributed by atoms with Crippen LogP contribution in [0.4, 0.5) is 0 Å². The van der Waals surface area contributed by atoms with E-state index in [1.807, 2.05) is 31.2 Å². The minimum Gasteiger partial charge on any atom is -0.467 e. The maximum Gasteiger partial charge on any atom is 0.262 e. The highest BCUT2D eigenvalue weighted by Gasteiger charge is 2.20. The summed E-state index contributed by atoms with van der Waals surface area (Å²) < 4.78 is 6.98. The highest BCUT2D eigenvalue weighted by molar-refractivity contribution is 8.00. The van der Waals surface area contributed by atoms with Gasteiger partial charge in [0, 0.05) is 6.54 Å². The van der Waals surface area contributed by atoms with Gasteiger partial charge < -0.3 is 9.73 Å². The predicted octanol–water partition coefficient (Wildman–Crippen LogP) is 3.68. The Bertz CT molecular complexity index is 996. The highest BCUT2D eigenvalue weighted by atomic mass is 32.2. The number of nitrogens with one attached hydrogen (secondary N) is 1. The van der Waals surface area contributed by atoms with Gasteiger partial charge in [0.15, 0.2) is 5.16 Å². The number of carbonyl (C=O) groups excluding carboxylic acids is 1. The Kier molecular flexibility index (Phi) is 6.57. The quantitative estimate of drug-likeness (QED) is 0.462. The Morgan fingerprint density at radius 2 is 2.00 bits per heavy atom. The molecule has 0 fully saturated rings. The van der Waals surface area contributed by atoms with E-state index in [9.17, 15) is 9.59 Å². The lowest BCUT2D eigenvalue weighted by molar-refractivity contribution is -0.120. The van der Waals surface area contributed by atoms with Crippen LogP contribution in [0.2, 0.25) is 0 Å². The van der Waals surface area contributed by atoms with Gasteiger partial charge in [-0.15, -0.1) is 0 Å². The van der Waals surface area contributed by atoms with Gasteiger partial charge in [0.2, 0.25) is 5.91 Å². The van der Waals surface area contributed by atoms with Gasteiger partial charge in [-0.3, -0.25) is 14.2 Å². The maximum atomic E-state index is 13.0. The van der Waals surface area contributed by atoms with Crippen LogP contribution in [0.15, 0.2) is 57.0 Å². The number of hydrogen-bond acceptors (Lipinski definition) is 5. The number of benzene rings is 1. The minimum atomic E-state index is -0.372. The average molecular weight is 400 g/mol. The third-order valence-corrected chi connectivity index (χ3v) is 5.48. The van der Waals surface area contributed by atoms with E-state index in [2.05, 4.69) is 24.1 Å². The number of para-hydroxylation sites is 1. The summed E-state index contributed by atoms with van der Waals surface area (Å²) in [6, 6.07) is 10.8. The Hall–Kier alpha value is -2.54. The number of carbonyl (C=O) groups is 1. The second-order valence-electron chi connectivity index (χ2n) is 7.12. The van der Waals surface area contributed by atoms with Crippen LogP contribution in [0.3, 0.4) is 0 Å². The molecule has 28 heavy (non-hydrogen) atoms. The first-order chi connectivity index (χ1) is 13.5. The molecule has 1 atom stereocenters. The van der Waals surface area contributed by atoms with Crippen molar-refractivity contribution < 1.29 is 9.21 Å². The topological polar surface area (TPSA) is 77.1 Å². The van der Waals surface area contributed by atoms with Crippen LogP contribution in [0.1, 0.15) is 33.0 Å². The van der Waals surface area contributed by atoms with Crippen molar-refractivity contribution in [3.05, 3.63) is 58.8 Å². The Morgan fingerprint density at radius 3 is 2.71 bits per heavy atom. The first kappa shape index (κ1) is 20.2. The zero-order chi connectivity index (χ0) is 20.1. The molecular formula is C21H25N3O3S. The van der Waals surface area contributed by atoms with E-state index in [1.165, 1.54) is 11.8 Å². The summed E-state index contributed by atoms with van der Waals surface area (Å²) in [7, 11) is 0. The van der Waals surface area contributed by atoms with Crippen molar-refractivity contribution in [3.8, 4) is 0 Å². The number of rotatable bonds is 8. The molecule has 6 nitrogen and oxygen atoms in total. The van der Waals surface area contributed by atoms with E-state index in [0.717, 1.165) is 6.42 Å². The lowest BCUT2D eigenvalue weighted by Gasteiger charge is -2.16. The van der Waals surface area contributed by atoms with Crippen LogP contribution in [-0.2, 0) is 11.3 Å². The molecule has 0 saturated carbocycles. The predicted molar refractivity (Wildman–Crippen MR) is 112 cm³/mol. The summed E-state index contributed by atoms with van der Waals surface area (Å²) in [5.41, 5.74) is 0.482. The van der Waals surface area contributed by atoms with Crippen molar-refractivity contribution in [1.82, 2.24) is 14.9 Å². The summed E-state index contributed by atoms with van der Waals surface area (Å²) in [4.78, 5) is 30.1. The van der Waals surface area contributed by atoms with E-state index < -0.39 is 0 Å². The van der Waals surface area contributed by atoms with E-state index in [1.54, 1.807) is 23.0 Å². The number of nitrogens with zero attached hydrogens (tertiary/aromatic N) is 2. The standard InChI is InChI=1S/C21H25N3O3S/c1-14(2)10-11-22-19(25)15(3)28-21-23-18-9-5-4-8-17(18)20(26)24(21)13-16-7-6-12-27-16/h4-9,12,14-15H,10-11,13H2,1-3H3,(H,22,25). The summed E-state index contributed by atoms with van der Waals surface area (Å²) in [6.45, 7) is 6.99. The second-order valence-corrected chi connectivity index (χ2v) is 8.42. The molecule has 0 spiro atoms.